The number of thioether (sulfide) groups is 1. The number of aromatic nitrogens is 1. The first-order valence-corrected chi connectivity index (χ1v) is 10.4. The van der Waals surface area contributed by atoms with Crippen molar-refractivity contribution in [3.63, 3.8) is 0 Å². The fourth-order valence-corrected chi connectivity index (χ4v) is 5.39. The number of hydrogen-bond acceptors (Lipinski definition) is 6. The molecule has 7 nitrogen and oxygen atoms in total. The second-order valence-electron chi connectivity index (χ2n) is 7.41. The van der Waals surface area contributed by atoms with E-state index in [2.05, 4.69) is 0 Å². The summed E-state index contributed by atoms with van der Waals surface area (Å²) in [4.78, 5) is 37.9. The minimum absolute atomic E-state index is 0.0540. The molecule has 154 valence electrons. The number of carboxylic acids is 1. The van der Waals surface area contributed by atoms with Crippen LogP contribution in [0.1, 0.15) is 18.1 Å². The molecule has 2 aliphatic rings. The maximum Gasteiger partial charge on any atom is 0.236 e. The molecule has 0 bridgehead atoms. The summed E-state index contributed by atoms with van der Waals surface area (Å²) in [7, 11) is 0. The lowest BCUT2D eigenvalue weighted by Crippen LogP contribution is -2.61. The molecule has 0 unspecified atom stereocenters. The number of nitrogens with zero attached hydrogens (tertiary/aromatic N) is 2. The molecule has 4 rings (SSSR count). The quantitative estimate of drug-likeness (QED) is 0.500. The SMILES string of the molecule is C[C@@H](O)[C@H]1C(=O)N2C(C(=O)[O-])=C(c3ccc(CC(=O)C[n+]4ccccc4)cc3)S[C@H]12. The van der Waals surface area contributed by atoms with Crippen LogP contribution in [-0.2, 0) is 27.3 Å². The summed E-state index contributed by atoms with van der Waals surface area (Å²) in [6.07, 6.45) is 3.07. The minimum atomic E-state index is -1.42. The fraction of sp³-hybridized carbons (Fsp3) is 0.273. The molecule has 8 heteroatoms. The van der Waals surface area contributed by atoms with Crippen LogP contribution in [0, 0.1) is 5.92 Å². The van der Waals surface area contributed by atoms with E-state index >= 15 is 0 Å². The summed E-state index contributed by atoms with van der Waals surface area (Å²) >= 11 is 1.25. The Morgan fingerprint density at radius 3 is 2.47 bits per heavy atom. The average Bonchev–Trinajstić information content (AvgIpc) is 3.04. The third-order valence-electron chi connectivity index (χ3n) is 5.25. The standard InChI is InChI=1S/C22H20N2O5S/c1-13(25)17-20(27)24-18(22(28)29)19(30-21(17)24)15-7-5-14(6-8-15)11-16(26)12-23-9-3-2-4-10-23/h2-10,13,17,21,25H,11-12H2,1H3/t13-,17+,21-/m1/s1. The summed E-state index contributed by atoms with van der Waals surface area (Å²) in [5.41, 5.74) is 1.30. The van der Waals surface area contributed by atoms with Gasteiger partial charge in [0.1, 0.15) is 5.37 Å². The summed E-state index contributed by atoms with van der Waals surface area (Å²) in [5, 5.41) is 21.1. The molecule has 1 aromatic carbocycles. The van der Waals surface area contributed by atoms with Crippen LogP contribution >= 0.6 is 11.8 Å². The van der Waals surface area contributed by atoms with Crippen molar-refractivity contribution in [3.8, 4) is 0 Å². The van der Waals surface area contributed by atoms with Crippen molar-refractivity contribution >= 4 is 34.3 Å². The monoisotopic (exact) mass is 424 g/mol. The third kappa shape index (κ3) is 3.64. The number of hydrogen-bond donors (Lipinski definition) is 1. The van der Waals surface area contributed by atoms with Gasteiger partial charge in [0.2, 0.25) is 18.2 Å². The fourth-order valence-electron chi connectivity index (χ4n) is 3.78. The zero-order valence-electron chi connectivity index (χ0n) is 16.2. The summed E-state index contributed by atoms with van der Waals surface area (Å²) < 4.78 is 1.81. The van der Waals surface area contributed by atoms with Gasteiger partial charge in [0.05, 0.1) is 23.7 Å². The number of carbonyl (C=O) groups excluding carboxylic acids is 3. The number of carbonyl (C=O) groups is 3. The average molecular weight is 424 g/mol. The molecule has 2 aliphatic heterocycles. The van der Waals surface area contributed by atoms with Gasteiger partial charge >= 0.3 is 0 Å². The molecular formula is C22H20N2O5S. The van der Waals surface area contributed by atoms with E-state index in [0.29, 0.717) is 10.5 Å². The van der Waals surface area contributed by atoms with Crippen LogP contribution in [0.15, 0.2) is 60.6 Å². The summed E-state index contributed by atoms with van der Waals surface area (Å²) in [6, 6.07) is 12.7. The number of rotatable bonds is 7. The Balaban J connectivity index is 1.50. The van der Waals surface area contributed by atoms with Crippen LogP contribution < -0.4 is 9.67 Å². The molecule has 30 heavy (non-hydrogen) atoms. The molecule has 1 amide bonds. The number of aliphatic hydroxyl groups is 1. The number of β-lactam (4-membered cyclic amide) rings is 1. The highest BCUT2D eigenvalue weighted by atomic mass is 32.2. The molecule has 0 saturated carbocycles. The van der Waals surface area contributed by atoms with Gasteiger partial charge in [-0.15, -0.1) is 0 Å². The van der Waals surface area contributed by atoms with Gasteiger partial charge in [0.25, 0.3) is 0 Å². The zero-order chi connectivity index (χ0) is 21.4. The number of benzene rings is 1. The first-order chi connectivity index (χ1) is 14.4. The minimum Gasteiger partial charge on any atom is -0.543 e. The van der Waals surface area contributed by atoms with Crippen LogP contribution in [0.25, 0.3) is 4.91 Å². The number of amides is 1. The van der Waals surface area contributed by atoms with Gasteiger partial charge < -0.3 is 15.0 Å². The Hall–Kier alpha value is -2.97. The molecule has 0 spiro atoms. The van der Waals surface area contributed by atoms with Crippen molar-refractivity contribution in [1.29, 1.82) is 0 Å². The summed E-state index contributed by atoms with van der Waals surface area (Å²) in [6.45, 7) is 1.80. The van der Waals surface area contributed by atoms with Gasteiger partial charge in [0, 0.05) is 23.5 Å². The van der Waals surface area contributed by atoms with E-state index in [1.165, 1.54) is 23.6 Å². The number of carboxylic acid groups (broad SMARTS) is 1. The lowest BCUT2D eigenvalue weighted by atomic mass is 9.92. The van der Waals surface area contributed by atoms with Crippen LogP contribution in [0.2, 0.25) is 0 Å². The highest BCUT2D eigenvalue weighted by molar-refractivity contribution is 8.09. The highest BCUT2D eigenvalue weighted by Crippen LogP contribution is 2.53. The van der Waals surface area contributed by atoms with E-state index in [0.717, 1.165) is 5.56 Å². The van der Waals surface area contributed by atoms with E-state index in [1.807, 2.05) is 35.2 Å². The third-order valence-corrected chi connectivity index (χ3v) is 6.66. The lowest BCUT2D eigenvalue weighted by molar-refractivity contribution is -0.684. The molecule has 1 aromatic heterocycles. The van der Waals surface area contributed by atoms with E-state index in [9.17, 15) is 24.6 Å². The van der Waals surface area contributed by atoms with E-state index < -0.39 is 29.3 Å². The smallest absolute Gasteiger partial charge is 0.236 e. The second kappa shape index (κ2) is 8.04. The van der Waals surface area contributed by atoms with E-state index in [1.54, 1.807) is 24.3 Å². The normalized spacial score (nSPS) is 21.3. The zero-order valence-corrected chi connectivity index (χ0v) is 17.0. The van der Waals surface area contributed by atoms with Gasteiger partial charge in [-0.1, -0.05) is 42.1 Å². The number of aliphatic hydroxyl groups excluding tert-OH is 1. The predicted octanol–water partition coefficient (Wildman–Crippen LogP) is 0.117. The Labute approximate surface area is 177 Å². The predicted molar refractivity (Wildman–Crippen MR) is 107 cm³/mol. The molecule has 3 heterocycles. The first-order valence-electron chi connectivity index (χ1n) is 9.55. The van der Waals surface area contributed by atoms with Crippen molar-refractivity contribution in [3.05, 3.63) is 71.7 Å². The first kappa shape index (κ1) is 20.3. The number of fused-ring (bicyclic) bond motifs is 1. The van der Waals surface area contributed by atoms with E-state index in [-0.39, 0.29) is 24.4 Å². The van der Waals surface area contributed by atoms with Crippen LogP contribution in [0.4, 0.5) is 0 Å². The molecule has 0 aliphatic carbocycles. The maximum atomic E-state index is 12.3. The molecule has 2 aromatic rings. The highest BCUT2D eigenvalue weighted by Gasteiger charge is 2.56. The summed E-state index contributed by atoms with van der Waals surface area (Å²) in [5.74, 6) is -2.40. The number of pyridine rings is 1. The van der Waals surface area contributed by atoms with Gasteiger partial charge in [0.15, 0.2) is 12.4 Å². The van der Waals surface area contributed by atoms with Gasteiger partial charge in [-0.3, -0.25) is 14.5 Å². The molecule has 1 N–H and O–H groups in total. The lowest BCUT2D eigenvalue weighted by Gasteiger charge is -2.44. The van der Waals surface area contributed by atoms with Crippen LogP contribution in [0.5, 0.6) is 0 Å². The molecule has 1 saturated heterocycles. The van der Waals surface area contributed by atoms with Crippen molar-refractivity contribution in [2.45, 2.75) is 31.4 Å². The molecule has 0 radical (unpaired) electrons. The number of Topliss-reactive ketones (excluding diaryl/α,β-unsaturated/α-hetero) is 1. The number of ketones is 1. The van der Waals surface area contributed by atoms with Crippen molar-refractivity contribution in [1.82, 2.24) is 4.90 Å². The van der Waals surface area contributed by atoms with Crippen molar-refractivity contribution in [2.75, 3.05) is 0 Å². The molecular weight excluding hydrogens is 404 g/mol. The second-order valence-corrected chi connectivity index (χ2v) is 8.54. The Kier molecular flexibility index (Phi) is 5.44. The van der Waals surface area contributed by atoms with Crippen LogP contribution in [-0.4, -0.2) is 39.1 Å². The maximum absolute atomic E-state index is 12.3. The van der Waals surface area contributed by atoms with Gasteiger partial charge in [-0.25, -0.2) is 0 Å². The van der Waals surface area contributed by atoms with E-state index in [4.69, 9.17) is 0 Å². The van der Waals surface area contributed by atoms with Crippen molar-refractivity contribution < 1.29 is 29.2 Å². The van der Waals surface area contributed by atoms with Crippen molar-refractivity contribution in [2.24, 2.45) is 5.92 Å². The van der Waals surface area contributed by atoms with Crippen LogP contribution in [0.3, 0.4) is 0 Å². The Bertz CT molecular complexity index is 1030. The number of aliphatic carboxylic acids is 1. The largest absolute Gasteiger partial charge is 0.543 e. The van der Waals surface area contributed by atoms with Gasteiger partial charge in [-0.05, 0) is 18.1 Å². The topological polar surface area (TPSA) is 102 Å². The Morgan fingerprint density at radius 2 is 1.87 bits per heavy atom. The molecule has 3 atom stereocenters. The Morgan fingerprint density at radius 1 is 1.20 bits per heavy atom. The van der Waals surface area contributed by atoms with Gasteiger partial charge in [-0.2, -0.15) is 4.57 Å². The molecule has 1 fully saturated rings.